The third kappa shape index (κ3) is 4.39. The average molecular weight is 322 g/mol. The Labute approximate surface area is 133 Å². The molecule has 0 saturated heterocycles. The van der Waals surface area contributed by atoms with Gasteiger partial charge in [0.25, 0.3) is 0 Å². The fourth-order valence-electron chi connectivity index (χ4n) is 1.87. The number of hydrogen-bond acceptors (Lipinski definition) is 2. The summed E-state index contributed by atoms with van der Waals surface area (Å²) in [6.45, 7) is 2.51. The van der Waals surface area contributed by atoms with Crippen LogP contribution < -0.4 is 15.4 Å². The van der Waals surface area contributed by atoms with Crippen molar-refractivity contribution in [2.75, 3.05) is 11.9 Å². The smallest absolute Gasteiger partial charge is 0.171 e. The van der Waals surface area contributed by atoms with Crippen LogP contribution >= 0.6 is 12.2 Å². The Morgan fingerprint density at radius 3 is 2.73 bits per heavy atom. The van der Waals surface area contributed by atoms with Crippen LogP contribution in [-0.2, 0) is 6.54 Å². The minimum absolute atomic E-state index is 0.0895. The minimum atomic E-state index is -0.487. The molecule has 0 aromatic heterocycles. The largest absolute Gasteiger partial charge is 0.492 e. The fraction of sp³-hybridized carbons (Fsp3) is 0.188. The van der Waals surface area contributed by atoms with Crippen molar-refractivity contribution in [3.63, 3.8) is 0 Å². The lowest BCUT2D eigenvalue weighted by Gasteiger charge is -2.14. The predicted molar refractivity (Wildman–Crippen MR) is 87.0 cm³/mol. The zero-order valence-corrected chi connectivity index (χ0v) is 12.8. The van der Waals surface area contributed by atoms with Crippen molar-refractivity contribution in [3.8, 4) is 5.75 Å². The van der Waals surface area contributed by atoms with Gasteiger partial charge < -0.3 is 15.4 Å². The summed E-state index contributed by atoms with van der Waals surface area (Å²) in [5, 5.41) is 6.12. The number of ether oxygens (including phenoxy) is 1. The molecule has 22 heavy (non-hydrogen) atoms. The van der Waals surface area contributed by atoms with Crippen molar-refractivity contribution in [2.45, 2.75) is 13.5 Å². The highest BCUT2D eigenvalue weighted by Crippen LogP contribution is 2.23. The lowest BCUT2D eigenvalue weighted by atomic mass is 10.2. The van der Waals surface area contributed by atoms with Crippen molar-refractivity contribution in [1.82, 2.24) is 5.32 Å². The lowest BCUT2D eigenvalue weighted by Crippen LogP contribution is -2.28. The van der Waals surface area contributed by atoms with Gasteiger partial charge in [0.1, 0.15) is 17.4 Å². The van der Waals surface area contributed by atoms with Crippen molar-refractivity contribution >= 4 is 23.0 Å². The summed E-state index contributed by atoms with van der Waals surface area (Å²) in [7, 11) is 0. The van der Waals surface area contributed by atoms with Gasteiger partial charge in [-0.1, -0.05) is 12.1 Å². The molecule has 116 valence electrons. The number of hydrogen-bond donors (Lipinski definition) is 2. The number of thiocarbonyl (C=S) groups is 1. The Bertz CT molecular complexity index is 664. The molecule has 0 aliphatic rings. The summed E-state index contributed by atoms with van der Waals surface area (Å²) in [4.78, 5) is 0. The van der Waals surface area contributed by atoms with Gasteiger partial charge in [0.05, 0.1) is 12.3 Å². The van der Waals surface area contributed by atoms with Crippen LogP contribution in [0.4, 0.5) is 14.5 Å². The number of para-hydroxylation sites is 2. The van der Waals surface area contributed by atoms with Gasteiger partial charge in [0.2, 0.25) is 0 Å². The molecule has 2 N–H and O–H groups in total. The van der Waals surface area contributed by atoms with E-state index in [9.17, 15) is 8.78 Å². The van der Waals surface area contributed by atoms with Crippen molar-refractivity contribution < 1.29 is 13.5 Å². The highest BCUT2D eigenvalue weighted by molar-refractivity contribution is 7.80. The van der Waals surface area contributed by atoms with Crippen LogP contribution in [0, 0.1) is 11.6 Å². The molecule has 0 aliphatic carbocycles. The van der Waals surface area contributed by atoms with E-state index in [4.69, 9.17) is 17.0 Å². The molecule has 0 amide bonds. The second-order valence-electron chi connectivity index (χ2n) is 4.47. The molecule has 0 radical (unpaired) electrons. The monoisotopic (exact) mass is 322 g/mol. The molecule has 0 spiro atoms. The fourth-order valence-corrected chi connectivity index (χ4v) is 2.05. The normalized spacial score (nSPS) is 10.1. The summed E-state index contributed by atoms with van der Waals surface area (Å²) in [5.41, 5.74) is 0.920. The van der Waals surface area contributed by atoms with Gasteiger partial charge in [-0.3, -0.25) is 0 Å². The van der Waals surface area contributed by atoms with E-state index in [0.717, 1.165) is 18.2 Å². The van der Waals surface area contributed by atoms with Gasteiger partial charge in [0.15, 0.2) is 5.11 Å². The molecule has 2 aromatic rings. The number of anilines is 1. The summed E-state index contributed by atoms with van der Waals surface area (Å²) in [5.74, 6) is -0.295. The zero-order valence-electron chi connectivity index (χ0n) is 12.0. The van der Waals surface area contributed by atoms with Gasteiger partial charge in [-0.05, 0) is 49.5 Å². The van der Waals surface area contributed by atoms with Crippen LogP contribution in [0.15, 0.2) is 42.5 Å². The van der Waals surface area contributed by atoms with Crippen molar-refractivity contribution in [2.24, 2.45) is 0 Å². The molecule has 0 heterocycles. The van der Waals surface area contributed by atoms with E-state index < -0.39 is 11.6 Å². The summed E-state index contributed by atoms with van der Waals surface area (Å²) >= 11 is 5.16. The first-order valence-corrected chi connectivity index (χ1v) is 7.21. The molecule has 2 rings (SSSR count). The second kappa shape index (κ2) is 7.70. The molecular weight excluding hydrogens is 306 g/mol. The second-order valence-corrected chi connectivity index (χ2v) is 4.88. The van der Waals surface area contributed by atoms with Crippen molar-refractivity contribution in [1.29, 1.82) is 0 Å². The van der Waals surface area contributed by atoms with Crippen LogP contribution in [-0.4, -0.2) is 11.7 Å². The van der Waals surface area contributed by atoms with Crippen molar-refractivity contribution in [3.05, 3.63) is 59.7 Å². The van der Waals surface area contributed by atoms with E-state index in [2.05, 4.69) is 10.6 Å². The van der Waals surface area contributed by atoms with Gasteiger partial charge >= 0.3 is 0 Å². The highest BCUT2D eigenvalue weighted by atomic mass is 32.1. The molecule has 0 bridgehead atoms. The van der Waals surface area contributed by atoms with Gasteiger partial charge in [-0.2, -0.15) is 0 Å². The molecule has 0 aliphatic heterocycles. The first-order valence-electron chi connectivity index (χ1n) is 6.80. The SMILES string of the molecule is CCOc1ccccc1NC(=S)NCc1cc(F)ccc1F. The Hall–Kier alpha value is -2.21. The number of benzene rings is 2. The van der Waals surface area contributed by atoms with E-state index in [0.29, 0.717) is 23.2 Å². The first-order chi connectivity index (χ1) is 10.6. The predicted octanol–water partition coefficient (Wildman–Crippen LogP) is 3.85. The molecular formula is C16H16F2N2OS. The average Bonchev–Trinajstić information content (AvgIpc) is 2.50. The van der Waals surface area contributed by atoms with E-state index >= 15 is 0 Å². The quantitative estimate of drug-likeness (QED) is 0.819. The van der Waals surface area contributed by atoms with Gasteiger partial charge in [0, 0.05) is 12.1 Å². The third-order valence-electron chi connectivity index (χ3n) is 2.88. The molecule has 0 unspecified atom stereocenters. The van der Waals surface area contributed by atoms with Crippen LogP contribution in [0.1, 0.15) is 12.5 Å². The van der Waals surface area contributed by atoms with E-state index in [1.165, 1.54) is 0 Å². The maximum atomic E-state index is 13.5. The van der Waals surface area contributed by atoms with Crippen LogP contribution in [0.25, 0.3) is 0 Å². The lowest BCUT2D eigenvalue weighted by molar-refractivity contribution is 0.342. The Morgan fingerprint density at radius 1 is 1.18 bits per heavy atom. The van der Waals surface area contributed by atoms with Crippen LogP contribution in [0.5, 0.6) is 5.75 Å². The zero-order chi connectivity index (χ0) is 15.9. The first kappa shape index (κ1) is 16.2. The maximum absolute atomic E-state index is 13.5. The highest BCUT2D eigenvalue weighted by Gasteiger charge is 2.07. The Kier molecular flexibility index (Phi) is 5.66. The number of halogens is 2. The van der Waals surface area contributed by atoms with E-state index in [-0.39, 0.29) is 12.1 Å². The number of nitrogens with one attached hydrogen (secondary N) is 2. The van der Waals surface area contributed by atoms with Crippen LogP contribution in [0.2, 0.25) is 0 Å². The van der Waals surface area contributed by atoms with E-state index in [1.54, 1.807) is 0 Å². The minimum Gasteiger partial charge on any atom is -0.492 e. The van der Waals surface area contributed by atoms with Gasteiger partial charge in [-0.25, -0.2) is 8.78 Å². The standard InChI is InChI=1S/C16H16F2N2OS/c1-2-21-15-6-4-3-5-14(15)20-16(22)19-10-11-9-12(17)7-8-13(11)18/h3-9H,2,10H2,1H3,(H2,19,20,22). The molecule has 0 fully saturated rings. The molecule has 0 saturated carbocycles. The number of rotatable bonds is 5. The molecule has 3 nitrogen and oxygen atoms in total. The maximum Gasteiger partial charge on any atom is 0.171 e. The topological polar surface area (TPSA) is 33.3 Å². The Morgan fingerprint density at radius 2 is 1.95 bits per heavy atom. The van der Waals surface area contributed by atoms with E-state index in [1.807, 2.05) is 31.2 Å². The molecule has 2 aromatic carbocycles. The summed E-state index contributed by atoms with van der Waals surface area (Å²) in [6, 6.07) is 10.6. The van der Waals surface area contributed by atoms with Gasteiger partial charge in [-0.15, -0.1) is 0 Å². The Balaban J connectivity index is 1.97. The summed E-state index contributed by atoms with van der Waals surface area (Å²) < 4.78 is 32.1. The summed E-state index contributed by atoms with van der Waals surface area (Å²) in [6.07, 6.45) is 0. The van der Waals surface area contributed by atoms with Crippen LogP contribution in [0.3, 0.4) is 0 Å². The molecule has 0 atom stereocenters. The molecule has 6 heteroatoms. The third-order valence-corrected chi connectivity index (χ3v) is 3.13.